The summed E-state index contributed by atoms with van der Waals surface area (Å²) in [4.78, 5) is 20.6. The van der Waals surface area contributed by atoms with Crippen molar-refractivity contribution in [2.45, 2.75) is 44.7 Å². The molecule has 0 saturated carbocycles. The van der Waals surface area contributed by atoms with E-state index in [0.717, 1.165) is 29.6 Å². The Hall–Kier alpha value is -1.65. The van der Waals surface area contributed by atoms with Crippen LogP contribution in [0.15, 0.2) is 35.1 Å². The van der Waals surface area contributed by atoms with Crippen LogP contribution in [0, 0.1) is 0 Å². The lowest BCUT2D eigenvalue weighted by atomic mass is 10.1. The maximum Gasteiger partial charge on any atom is 0.252 e. The molecule has 2 saturated heterocycles. The van der Waals surface area contributed by atoms with Crippen LogP contribution in [-0.2, 0) is 6.54 Å². The maximum absolute atomic E-state index is 12.4. The van der Waals surface area contributed by atoms with Gasteiger partial charge in [-0.1, -0.05) is 24.6 Å². The van der Waals surface area contributed by atoms with Crippen LogP contribution >= 0.6 is 0 Å². The first-order chi connectivity index (χ1) is 11.8. The number of likely N-dealkylation sites (tertiary alicyclic amines) is 2. The van der Waals surface area contributed by atoms with Gasteiger partial charge in [-0.05, 0) is 62.8 Å². The number of aromatic nitrogens is 1. The molecular formula is C20H27N3O. The van der Waals surface area contributed by atoms with E-state index in [4.69, 9.17) is 0 Å². The Bertz CT molecular complexity index is 748. The Morgan fingerprint density at radius 2 is 1.88 bits per heavy atom. The number of rotatable bonds is 4. The lowest BCUT2D eigenvalue weighted by molar-refractivity contribution is 0.149. The maximum atomic E-state index is 12.4. The Labute approximate surface area is 143 Å². The van der Waals surface area contributed by atoms with Crippen molar-refractivity contribution in [1.82, 2.24) is 14.8 Å². The van der Waals surface area contributed by atoms with Crippen LogP contribution in [0.2, 0.25) is 0 Å². The normalized spacial score (nSPS) is 23.1. The number of nitrogens with zero attached hydrogens (tertiary/aromatic N) is 2. The zero-order valence-electron chi connectivity index (χ0n) is 14.3. The minimum Gasteiger partial charge on any atom is -0.322 e. The summed E-state index contributed by atoms with van der Waals surface area (Å²) in [5, 5.41) is 1.12. The molecule has 1 aromatic carbocycles. The van der Waals surface area contributed by atoms with Gasteiger partial charge in [-0.25, -0.2) is 0 Å². The first-order valence-electron chi connectivity index (χ1n) is 9.37. The second-order valence-electron chi connectivity index (χ2n) is 7.34. The van der Waals surface area contributed by atoms with Gasteiger partial charge in [-0.15, -0.1) is 0 Å². The summed E-state index contributed by atoms with van der Waals surface area (Å²) in [6, 6.07) is 10.7. The summed E-state index contributed by atoms with van der Waals surface area (Å²) in [6.45, 7) is 5.57. The molecule has 2 aromatic rings. The van der Waals surface area contributed by atoms with E-state index in [1.807, 2.05) is 18.2 Å². The van der Waals surface area contributed by atoms with Crippen molar-refractivity contribution >= 4 is 10.9 Å². The van der Waals surface area contributed by atoms with Crippen LogP contribution in [0.4, 0.5) is 0 Å². The Balaban J connectivity index is 1.49. The van der Waals surface area contributed by atoms with Crippen molar-refractivity contribution in [3.63, 3.8) is 0 Å². The number of benzene rings is 1. The number of para-hydroxylation sites is 1. The minimum absolute atomic E-state index is 0.0670. The summed E-state index contributed by atoms with van der Waals surface area (Å²) in [7, 11) is 0. The lowest BCUT2D eigenvalue weighted by Crippen LogP contribution is -2.42. The van der Waals surface area contributed by atoms with Gasteiger partial charge in [0, 0.05) is 30.2 Å². The lowest BCUT2D eigenvalue weighted by Gasteiger charge is -2.33. The number of fused-ring (bicyclic) bond motifs is 1. The van der Waals surface area contributed by atoms with Crippen molar-refractivity contribution < 1.29 is 0 Å². The number of hydrogen-bond acceptors (Lipinski definition) is 3. The third kappa shape index (κ3) is 3.40. The van der Waals surface area contributed by atoms with E-state index in [1.54, 1.807) is 0 Å². The molecule has 0 bridgehead atoms. The topological polar surface area (TPSA) is 39.3 Å². The van der Waals surface area contributed by atoms with Gasteiger partial charge < -0.3 is 9.88 Å². The molecule has 1 unspecified atom stereocenters. The van der Waals surface area contributed by atoms with E-state index < -0.39 is 0 Å². The number of nitrogens with one attached hydrogen (secondary N) is 1. The molecule has 128 valence electrons. The second kappa shape index (κ2) is 7.08. The zero-order valence-corrected chi connectivity index (χ0v) is 14.3. The second-order valence-corrected chi connectivity index (χ2v) is 7.34. The number of hydrogen-bond donors (Lipinski definition) is 1. The van der Waals surface area contributed by atoms with E-state index in [1.165, 1.54) is 51.7 Å². The van der Waals surface area contributed by atoms with Gasteiger partial charge in [0.1, 0.15) is 0 Å². The predicted octanol–water partition coefficient (Wildman–Crippen LogP) is 2.98. The Kier molecular flexibility index (Phi) is 4.67. The summed E-state index contributed by atoms with van der Waals surface area (Å²) in [6.07, 6.45) is 6.59. The van der Waals surface area contributed by atoms with Gasteiger partial charge in [0.25, 0.3) is 5.56 Å². The molecule has 2 aliphatic rings. The molecule has 0 radical (unpaired) electrons. The summed E-state index contributed by atoms with van der Waals surface area (Å²) >= 11 is 0. The summed E-state index contributed by atoms with van der Waals surface area (Å²) < 4.78 is 0. The fraction of sp³-hybridized carbons (Fsp3) is 0.550. The smallest absolute Gasteiger partial charge is 0.252 e. The van der Waals surface area contributed by atoms with Gasteiger partial charge in [0.05, 0.1) is 0 Å². The number of H-pyrrole nitrogens is 1. The zero-order chi connectivity index (χ0) is 16.4. The molecular weight excluding hydrogens is 298 g/mol. The number of piperidine rings is 1. The first kappa shape index (κ1) is 15.9. The quantitative estimate of drug-likeness (QED) is 0.939. The van der Waals surface area contributed by atoms with E-state index in [-0.39, 0.29) is 5.56 Å². The standard InChI is InChI=1S/C20H27N3O/c24-20-17(13-16-7-2-3-9-19(16)21-20)14-23-12-6-8-18(23)15-22-10-4-1-5-11-22/h2-3,7,9,13,18H,1,4-6,8,10-12,14-15H2,(H,21,24). The summed E-state index contributed by atoms with van der Waals surface area (Å²) in [5.74, 6) is 0. The molecule has 3 heterocycles. The molecule has 4 nitrogen and oxygen atoms in total. The van der Waals surface area contributed by atoms with Crippen LogP contribution < -0.4 is 5.56 Å². The highest BCUT2D eigenvalue weighted by Gasteiger charge is 2.27. The monoisotopic (exact) mass is 325 g/mol. The fourth-order valence-electron chi connectivity index (χ4n) is 4.28. The van der Waals surface area contributed by atoms with E-state index in [9.17, 15) is 4.79 Å². The van der Waals surface area contributed by atoms with E-state index in [2.05, 4.69) is 26.9 Å². The highest BCUT2D eigenvalue weighted by atomic mass is 16.1. The molecule has 4 rings (SSSR count). The van der Waals surface area contributed by atoms with Crippen LogP contribution in [0.3, 0.4) is 0 Å². The van der Waals surface area contributed by atoms with E-state index in [0.29, 0.717) is 6.04 Å². The van der Waals surface area contributed by atoms with Gasteiger partial charge in [-0.2, -0.15) is 0 Å². The molecule has 0 spiro atoms. The van der Waals surface area contributed by atoms with Crippen molar-refractivity contribution in [2.24, 2.45) is 0 Å². The molecule has 1 atom stereocenters. The average Bonchev–Trinajstić information content (AvgIpc) is 3.03. The van der Waals surface area contributed by atoms with Gasteiger partial charge in [0.2, 0.25) is 0 Å². The Morgan fingerprint density at radius 3 is 2.75 bits per heavy atom. The molecule has 1 N–H and O–H groups in total. The molecule has 2 aliphatic heterocycles. The molecule has 24 heavy (non-hydrogen) atoms. The number of aromatic amines is 1. The van der Waals surface area contributed by atoms with Crippen LogP contribution in [0.5, 0.6) is 0 Å². The van der Waals surface area contributed by atoms with Crippen molar-refractivity contribution in [3.05, 3.63) is 46.2 Å². The van der Waals surface area contributed by atoms with Gasteiger partial charge >= 0.3 is 0 Å². The SMILES string of the molecule is O=c1[nH]c2ccccc2cc1CN1CCCC1CN1CCCCC1. The molecule has 2 fully saturated rings. The highest BCUT2D eigenvalue weighted by molar-refractivity contribution is 5.78. The van der Waals surface area contributed by atoms with Crippen LogP contribution in [0.25, 0.3) is 10.9 Å². The van der Waals surface area contributed by atoms with Crippen molar-refractivity contribution in [1.29, 1.82) is 0 Å². The van der Waals surface area contributed by atoms with Gasteiger partial charge in [0.15, 0.2) is 0 Å². The molecule has 0 aliphatic carbocycles. The van der Waals surface area contributed by atoms with Crippen LogP contribution in [0.1, 0.15) is 37.7 Å². The van der Waals surface area contributed by atoms with Crippen LogP contribution in [-0.4, -0.2) is 47.0 Å². The molecule has 1 aromatic heterocycles. The summed E-state index contributed by atoms with van der Waals surface area (Å²) in [5.41, 5.74) is 1.90. The molecule has 0 amide bonds. The molecule has 4 heteroatoms. The predicted molar refractivity (Wildman–Crippen MR) is 98.3 cm³/mol. The number of pyridine rings is 1. The highest BCUT2D eigenvalue weighted by Crippen LogP contribution is 2.22. The Morgan fingerprint density at radius 1 is 1.04 bits per heavy atom. The third-order valence-corrected chi connectivity index (χ3v) is 5.62. The first-order valence-corrected chi connectivity index (χ1v) is 9.37. The van der Waals surface area contributed by atoms with Crippen molar-refractivity contribution in [3.8, 4) is 0 Å². The third-order valence-electron chi connectivity index (χ3n) is 5.62. The average molecular weight is 325 g/mol. The minimum atomic E-state index is 0.0670. The fourth-order valence-corrected chi connectivity index (χ4v) is 4.28. The van der Waals surface area contributed by atoms with Crippen molar-refractivity contribution in [2.75, 3.05) is 26.2 Å². The largest absolute Gasteiger partial charge is 0.322 e. The van der Waals surface area contributed by atoms with Gasteiger partial charge in [-0.3, -0.25) is 9.69 Å². The van der Waals surface area contributed by atoms with E-state index >= 15 is 0 Å².